The van der Waals surface area contributed by atoms with E-state index in [9.17, 15) is 4.79 Å². The highest BCUT2D eigenvalue weighted by Gasteiger charge is 2.26. The zero-order valence-electron chi connectivity index (χ0n) is 10.5. The standard InChI is InChI=1S/C12H20N4O/c1-9(13)10-3-5-16(6-4-10)12(17)11-7-15(2)8-14-11/h7-10H,3-6,13H2,1-2H3. The van der Waals surface area contributed by atoms with Crippen molar-refractivity contribution in [3.05, 3.63) is 18.2 Å². The van der Waals surface area contributed by atoms with Crippen LogP contribution in [0.3, 0.4) is 0 Å². The molecule has 0 aliphatic carbocycles. The van der Waals surface area contributed by atoms with Gasteiger partial charge in [-0.1, -0.05) is 0 Å². The summed E-state index contributed by atoms with van der Waals surface area (Å²) in [7, 11) is 1.87. The molecule has 1 amide bonds. The topological polar surface area (TPSA) is 64.2 Å². The molecule has 0 saturated carbocycles. The second kappa shape index (κ2) is 4.87. The molecule has 1 aromatic heterocycles. The Balaban J connectivity index is 1.95. The third-order valence-electron chi connectivity index (χ3n) is 3.49. The minimum absolute atomic E-state index is 0.0359. The molecule has 1 aromatic rings. The van der Waals surface area contributed by atoms with Gasteiger partial charge in [-0.25, -0.2) is 4.98 Å². The Morgan fingerprint density at radius 1 is 1.53 bits per heavy atom. The van der Waals surface area contributed by atoms with Gasteiger partial charge in [0.2, 0.25) is 0 Å². The maximum absolute atomic E-state index is 12.1. The average molecular weight is 236 g/mol. The zero-order chi connectivity index (χ0) is 12.4. The lowest BCUT2D eigenvalue weighted by atomic mass is 9.91. The van der Waals surface area contributed by atoms with Gasteiger partial charge in [-0.15, -0.1) is 0 Å². The van der Waals surface area contributed by atoms with Crippen molar-refractivity contribution in [3.8, 4) is 0 Å². The van der Waals surface area contributed by atoms with E-state index in [2.05, 4.69) is 4.98 Å². The lowest BCUT2D eigenvalue weighted by Crippen LogP contribution is -2.42. The number of nitrogens with two attached hydrogens (primary N) is 1. The molecule has 2 heterocycles. The summed E-state index contributed by atoms with van der Waals surface area (Å²) >= 11 is 0. The number of rotatable bonds is 2. The fourth-order valence-corrected chi connectivity index (χ4v) is 2.31. The van der Waals surface area contributed by atoms with Crippen LogP contribution in [0.5, 0.6) is 0 Å². The predicted molar refractivity (Wildman–Crippen MR) is 65.5 cm³/mol. The smallest absolute Gasteiger partial charge is 0.274 e. The highest BCUT2D eigenvalue weighted by Crippen LogP contribution is 2.20. The second-order valence-electron chi connectivity index (χ2n) is 4.91. The second-order valence-corrected chi connectivity index (χ2v) is 4.91. The number of aryl methyl sites for hydroxylation is 1. The molecule has 1 unspecified atom stereocenters. The van der Waals surface area contributed by atoms with Crippen LogP contribution in [0.15, 0.2) is 12.5 Å². The molecule has 17 heavy (non-hydrogen) atoms. The molecule has 2 rings (SSSR count). The van der Waals surface area contributed by atoms with Crippen LogP contribution in [-0.2, 0) is 7.05 Å². The Labute approximate surface area is 102 Å². The number of hydrogen-bond donors (Lipinski definition) is 1. The summed E-state index contributed by atoms with van der Waals surface area (Å²) in [6, 6.07) is 0.224. The van der Waals surface area contributed by atoms with Gasteiger partial charge in [0.15, 0.2) is 0 Å². The van der Waals surface area contributed by atoms with Crippen LogP contribution in [-0.4, -0.2) is 39.5 Å². The van der Waals surface area contributed by atoms with E-state index < -0.39 is 0 Å². The normalized spacial score (nSPS) is 19.4. The summed E-state index contributed by atoms with van der Waals surface area (Å²) < 4.78 is 1.79. The zero-order valence-corrected chi connectivity index (χ0v) is 10.5. The van der Waals surface area contributed by atoms with Crippen molar-refractivity contribution in [1.29, 1.82) is 0 Å². The molecule has 1 atom stereocenters. The van der Waals surface area contributed by atoms with E-state index in [4.69, 9.17) is 5.73 Å². The lowest BCUT2D eigenvalue weighted by molar-refractivity contribution is 0.0675. The minimum Gasteiger partial charge on any atom is -0.340 e. The number of aromatic nitrogens is 2. The average Bonchev–Trinajstić information content (AvgIpc) is 2.75. The number of amides is 1. The Morgan fingerprint density at radius 2 is 2.18 bits per heavy atom. The molecular formula is C12H20N4O. The van der Waals surface area contributed by atoms with Gasteiger partial charge in [0.1, 0.15) is 5.69 Å². The van der Waals surface area contributed by atoms with Crippen LogP contribution in [0, 0.1) is 5.92 Å². The molecule has 0 radical (unpaired) electrons. The number of hydrogen-bond acceptors (Lipinski definition) is 3. The van der Waals surface area contributed by atoms with E-state index in [1.165, 1.54) is 0 Å². The number of imidazole rings is 1. The van der Waals surface area contributed by atoms with Crippen molar-refractivity contribution >= 4 is 5.91 Å². The van der Waals surface area contributed by atoms with Crippen LogP contribution < -0.4 is 5.73 Å². The van der Waals surface area contributed by atoms with E-state index in [-0.39, 0.29) is 11.9 Å². The highest BCUT2D eigenvalue weighted by molar-refractivity contribution is 5.92. The van der Waals surface area contributed by atoms with Crippen molar-refractivity contribution in [2.45, 2.75) is 25.8 Å². The summed E-state index contributed by atoms with van der Waals surface area (Å²) in [5.74, 6) is 0.580. The first-order valence-electron chi connectivity index (χ1n) is 6.10. The summed E-state index contributed by atoms with van der Waals surface area (Å²) in [5.41, 5.74) is 6.42. The number of piperidine rings is 1. The Bertz CT molecular complexity index is 391. The molecule has 1 aliphatic rings. The maximum atomic E-state index is 12.1. The van der Waals surface area contributed by atoms with Gasteiger partial charge >= 0.3 is 0 Å². The third-order valence-corrected chi connectivity index (χ3v) is 3.49. The molecule has 0 bridgehead atoms. The van der Waals surface area contributed by atoms with Crippen LogP contribution in [0.25, 0.3) is 0 Å². The van der Waals surface area contributed by atoms with Crippen LogP contribution in [0.4, 0.5) is 0 Å². The molecular weight excluding hydrogens is 216 g/mol. The van der Waals surface area contributed by atoms with Crippen molar-refractivity contribution in [1.82, 2.24) is 14.5 Å². The monoisotopic (exact) mass is 236 g/mol. The number of carbonyl (C=O) groups excluding carboxylic acids is 1. The molecule has 5 heteroatoms. The summed E-state index contributed by atoms with van der Waals surface area (Å²) in [6.45, 7) is 3.63. The molecule has 94 valence electrons. The number of likely N-dealkylation sites (tertiary alicyclic amines) is 1. The van der Waals surface area contributed by atoms with Crippen LogP contribution >= 0.6 is 0 Å². The van der Waals surface area contributed by atoms with Crippen molar-refractivity contribution in [2.24, 2.45) is 18.7 Å². The fraction of sp³-hybridized carbons (Fsp3) is 0.667. The SMILES string of the molecule is CC(N)C1CCN(C(=O)c2cn(C)cn2)CC1. The van der Waals surface area contributed by atoms with Crippen LogP contribution in [0.1, 0.15) is 30.3 Å². The molecule has 1 saturated heterocycles. The van der Waals surface area contributed by atoms with Crippen molar-refractivity contribution in [2.75, 3.05) is 13.1 Å². The Kier molecular flexibility index (Phi) is 3.47. The lowest BCUT2D eigenvalue weighted by Gasteiger charge is -2.33. The van der Waals surface area contributed by atoms with Gasteiger partial charge in [0.25, 0.3) is 5.91 Å². The maximum Gasteiger partial charge on any atom is 0.274 e. The first kappa shape index (κ1) is 12.1. The van der Waals surface area contributed by atoms with Gasteiger partial charge in [0.05, 0.1) is 6.33 Å². The molecule has 2 N–H and O–H groups in total. The quantitative estimate of drug-likeness (QED) is 0.818. The van der Waals surface area contributed by atoms with E-state index in [0.717, 1.165) is 25.9 Å². The summed E-state index contributed by atoms with van der Waals surface area (Å²) in [5, 5.41) is 0. The molecule has 1 fully saturated rings. The number of carbonyl (C=O) groups is 1. The van der Waals surface area contributed by atoms with E-state index in [1.54, 1.807) is 17.1 Å². The first-order chi connectivity index (χ1) is 8.08. The fourth-order valence-electron chi connectivity index (χ4n) is 2.31. The van der Waals surface area contributed by atoms with Gasteiger partial charge in [0, 0.05) is 32.4 Å². The minimum atomic E-state index is 0.0359. The largest absolute Gasteiger partial charge is 0.340 e. The molecule has 0 spiro atoms. The first-order valence-corrected chi connectivity index (χ1v) is 6.10. The van der Waals surface area contributed by atoms with Gasteiger partial charge in [-0.2, -0.15) is 0 Å². The van der Waals surface area contributed by atoms with Crippen molar-refractivity contribution in [3.63, 3.8) is 0 Å². The van der Waals surface area contributed by atoms with Gasteiger partial charge < -0.3 is 15.2 Å². The molecule has 5 nitrogen and oxygen atoms in total. The third kappa shape index (κ3) is 2.66. The van der Waals surface area contributed by atoms with Crippen LogP contribution in [0.2, 0.25) is 0 Å². The highest BCUT2D eigenvalue weighted by atomic mass is 16.2. The Hall–Kier alpha value is -1.36. The summed E-state index contributed by atoms with van der Waals surface area (Å²) in [4.78, 5) is 18.1. The van der Waals surface area contributed by atoms with Crippen molar-refractivity contribution < 1.29 is 4.79 Å². The molecule has 1 aliphatic heterocycles. The van der Waals surface area contributed by atoms with Gasteiger partial charge in [-0.05, 0) is 25.7 Å². The van der Waals surface area contributed by atoms with E-state index in [1.807, 2.05) is 18.9 Å². The summed E-state index contributed by atoms with van der Waals surface area (Å²) in [6.07, 6.45) is 5.41. The predicted octanol–water partition coefficient (Wildman–Crippen LogP) is 0.619. The van der Waals surface area contributed by atoms with E-state index >= 15 is 0 Å². The van der Waals surface area contributed by atoms with E-state index in [0.29, 0.717) is 11.6 Å². The van der Waals surface area contributed by atoms with Gasteiger partial charge in [-0.3, -0.25) is 4.79 Å². The molecule has 0 aromatic carbocycles. The number of nitrogens with zero attached hydrogens (tertiary/aromatic N) is 3. The Morgan fingerprint density at radius 3 is 2.65 bits per heavy atom.